The highest BCUT2D eigenvalue weighted by atomic mass is 16.7. The Kier molecular flexibility index (Phi) is 40.6. The predicted molar refractivity (Wildman–Crippen MR) is 337 cm³/mol. The average molecular weight is 1380 g/mol. The number of nitrogens with zero attached hydrogens (tertiary/aromatic N) is 4. The van der Waals surface area contributed by atoms with Crippen molar-refractivity contribution >= 4 is 94.6 Å². The van der Waals surface area contributed by atoms with E-state index in [1.165, 1.54) is 0 Å². The summed E-state index contributed by atoms with van der Waals surface area (Å²) in [5.41, 5.74) is -1.05. The number of imide groups is 4. The van der Waals surface area contributed by atoms with Gasteiger partial charge in [-0.1, -0.05) is 83.5 Å². The molecule has 4 aliphatic heterocycles. The first kappa shape index (κ1) is 81.8. The van der Waals surface area contributed by atoms with Gasteiger partial charge in [0, 0.05) is 129 Å². The number of carbonyl (C=O) groups is 16. The van der Waals surface area contributed by atoms with E-state index in [-0.39, 0.29) is 179 Å². The van der Waals surface area contributed by atoms with Gasteiger partial charge in [0.15, 0.2) is 0 Å². The number of ketones is 1. The van der Waals surface area contributed by atoms with E-state index in [0.717, 1.165) is 64.2 Å². The molecule has 0 spiro atoms. The van der Waals surface area contributed by atoms with Crippen LogP contribution in [0.5, 0.6) is 0 Å². The maximum atomic E-state index is 13.0. The molecule has 0 aliphatic carbocycles. The maximum Gasteiger partial charge on any atom is 0.333 e. The molecule has 0 radical (unpaired) electrons. The van der Waals surface area contributed by atoms with Gasteiger partial charge >= 0.3 is 23.9 Å². The summed E-state index contributed by atoms with van der Waals surface area (Å²) in [7, 11) is 0. The van der Waals surface area contributed by atoms with Crippen LogP contribution in [0, 0.1) is 5.41 Å². The summed E-state index contributed by atoms with van der Waals surface area (Å²) in [5, 5.41) is 10.8. The van der Waals surface area contributed by atoms with E-state index in [4.69, 9.17) is 38.3 Å². The number of Topliss-reactive ketones (excluding diaryl/α,β-unsaturated/α-hetero) is 1. The lowest BCUT2D eigenvalue weighted by Gasteiger charge is -2.33. The second-order valence-corrected chi connectivity index (χ2v) is 24.7. The zero-order chi connectivity index (χ0) is 70.5. The Balaban J connectivity index is 1.23. The molecule has 544 valence electrons. The fraction of sp³-hybridized carbons (Fsp3) is 0.758. The van der Waals surface area contributed by atoms with Crippen molar-refractivity contribution in [3.8, 4) is 0 Å². The first-order chi connectivity index (χ1) is 46.7. The monoisotopic (exact) mass is 1380 g/mol. The number of ether oxygens (including phenoxy) is 4. The third-order valence-corrected chi connectivity index (χ3v) is 16.1. The summed E-state index contributed by atoms with van der Waals surface area (Å²) in [4.78, 5) is 214. The van der Waals surface area contributed by atoms with Gasteiger partial charge in [-0.05, 0) is 51.4 Å². The molecule has 4 aliphatic rings. The second kappa shape index (κ2) is 48.1. The molecule has 0 atom stereocenters. The Morgan fingerprint density at radius 1 is 0.268 bits per heavy atom. The fourth-order valence-electron chi connectivity index (χ4n) is 10.5. The Labute approximate surface area is 565 Å². The van der Waals surface area contributed by atoms with Crippen LogP contribution >= 0.6 is 0 Å². The van der Waals surface area contributed by atoms with Crippen molar-refractivity contribution in [1.29, 1.82) is 0 Å². The van der Waals surface area contributed by atoms with Crippen LogP contribution in [0.25, 0.3) is 0 Å². The van der Waals surface area contributed by atoms with Crippen molar-refractivity contribution < 1.29 is 115 Å². The molecule has 0 aromatic heterocycles. The molecule has 31 heteroatoms. The first-order valence-electron chi connectivity index (χ1n) is 34.6. The lowest BCUT2D eigenvalue weighted by atomic mass is 9.92. The highest BCUT2D eigenvalue weighted by Crippen LogP contribution is 2.23. The van der Waals surface area contributed by atoms with Gasteiger partial charge in [0.2, 0.25) is 17.7 Å². The third-order valence-electron chi connectivity index (χ3n) is 16.1. The summed E-state index contributed by atoms with van der Waals surface area (Å²) in [6, 6.07) is 0. The normalized spacial score (nSPS) is 14.9. The molecule has 0 unspecified atom stereocenters. The molecule has 0 bridgehead atoms. The number of hydroxylamine groups is 8. The van der Waals surface area contributed by atoms with E-state index < -0.39 is 76.5 Å². The van der Waals surface area contributed by atoms with E-state index in [0.29, 0.717) is 117 Å². The molecule has 11 amide bonds. The van der Waals surface area contributed by atoms with Crippen LogP contribution in [0.1, 0.15) is 244 Å². The van der Waals surface area contributed by atoms with Crippen molar-refractivity contribution in [1.82, 2.24) is 36.2 Å². The van der Waals surface area contributed by atoms with Gasteiger partial charge in [0.25, 0.3) is 47.3 Å². The summed E-state index contributed by atoms with van der Waals surface area (Å²) < 4.78 is 24.6. The number of carbonyl (C=O) groups excluding carboxylic acids is 16. The van der Waals surface area contributed by atoms with Gasteiger partial charge < -0.3 is 54.2 Å². The van der Waals surface area contributed by atoms with Gasteiger partial charge in [-0.15, -0.1) is 20.3 Å². The molecule has 0 aromatic rings. The van der Waals surface area contributed by atoms with E-state index in [1.54, 1.807) is 0 Å². The van der Waals surface area contributed by atoms with Gasteiger partial charge in [0.1, 0.15) is 5.78 Å². The molecule has 4 saturated heterocycles. The van der Waals surface area contributed by atoms with E-state index in [9.17, 15) is 76.7 Å². The van der Waals surface area contributed by atoms with Crippen molar-refractivity contribution in [2.75, 3.05) is 72.5 Å². The second-order valence-electron chi connectivity index (χ2n) is 24.7. The number of hydrogen-bond acceptors (Lipinski definition) is 24. The van der Waals surface area contributed by atoms with Gasteiger partial charge in [-0.3, -0.25) is 57.5 Å². The topological polar surface area (TPSA) is 396 Å². The Hall–Kier alpha value is -7.64. The van der Waals surface area contributed by atoms with Crippen molar-refractivity contribution in [2.24, 2.45) is 5.41 Å². The van der Waals surface area contributed by atoms with E-state index >= 15 is 0 Å². The minimum atomic E-state index is -1.05. The Bertz CT molecular complexity index is 2220. The highest BCUT2D eigenvalue weighted by Gasteiger charge is 2.37. The Morgan fingerprint density at radius 3 is 0.722 bits per heavy atom. The van der Waals surface area contributed by atoms with Crippen molar-refractivity contribution in [2.45, 2.75) is 244 Å². The molecule has 0 saturated carbocycles. The smallest absolute Gasteiger partial charge is 0.333 e. The SMILES string of the molecule is O=C(CCCCCCCCC(=O)ON1C(=O)CCC1=O)CCOCC(COCCC(=O)NCCCCCCCC(=O)ON1C(=O)CCC1=O)(COCCC(=O)NCCCCCCCC(=O)ON1C(=O)CCC1=O)COCCC(=O)NCCCCCCCC(=O)ON1C(=O)CCC1=O. The van der Waals surface area contributed by atoms with E-state index in [2.05, 4.69) is 16.0 Å². The number of amides is 11. The van der Waals surface area contributed by atoms with E-state index in [1.807, 2.05) is 0 Å². The van der Waals surface area contributed by atoms with Crippen LogP contribution in [0.2, 0.25) is 0 Å². The lowest BCUT2D eigenvalue weighted by Crippen LogP contribution is -2.42. The van der Waals surface area contributed by atoms with Crippen LogP contribution in [-0.4, -0.2) is 187 Å². The van der Waals surface area contributed by atoms with Crippen LogP contribution in [0.4, 0.5) is 0 Å². The minimum absolute atomic E-state index is 0.00241. The van der Waals surface area contributed by atoms with Crippen molar-refractivity contribution in [3.05, 3.63) is 0 Å². The first-order valence-corrected chi connectivity index (χ1v) is 34.6. The maximum absolute atomic E-state index is 13.0. The summed E-state index contributed by atoms with van der Waals surface area (Å²) in [5.74, 6) is -7.63. The van der Waals surface area contributed by atoms with Crippen LogP contribution in [0.15, 0.2) is 0 Å². The number of rotatable bonds is 57. The van der Waals surface area contributed by atoms with Crippen molar-refractivity contribution in [3.63, 3.8) is 0 Å². The third kappa shape index (κ3) is 35.4. The van der Waals surface area contributed by atoms with Crippen LogP contribution in [0.3, 0.4) is 0 Å². The number of hydrogen-bond donors (Lipinski definition) is 3. The zero-order valence-electron chi connectivity index (χ0n) is 56.2. The lowest BCUT2D eigenvalue weighted by molar-refractivity contribution is -0.197. The summed E-state index contributed by atoms with van der Waals surface area (Å²) >= 11 is 0. The quantitative estimate of drug-likeness (QED) is 0.0527. The molecular formula is C66H101N7O24. The standard InChI is InChI=1S/C66H101N7O24/c74-50(22-14-6-1-2-7-15-23-62(86)94-70-54(78)27-28-55(70)79)35-42-90-46-66(47-91-43-36-51(75)67-39-19-11-3-8-16-24-63(87)95-71-56(80)29-30-57(71)81,48-92-44-37-52(76)68-40-20-12-4-9-17-25-64(88)96-72-58(82)31-32-59(72)83)49-93-45-38-53(77)69-41-21-13-5-10-18-26-65(89)97-73-60(84)33-34-61(73)85/h1-49H2,(H,67,75)(H,68,76)(H,69,77). The number of nitrogens with one attached hydrogen (secondary N) is 3. The van der Waals surface area contributed by atoms with Crippen LogP contribution < -0.4 is 16.0 Å². The molecule has 4 heterocycles. The highest BCUT2D eigenvalue weighted by molar-refractivity contribution is 6.03. The largest absolute Gasteiger partial charge is 0.380 e. The zero-order valence-corrected chi connectivity index (χ0v) is 56.2. The molecule has 3 N–H and O–H groups in total. The number of unbranched alkanes of at least 4 members (excludes halogenated alkanes) is 17. The summed E-state index contributed by atoms with van der Waals surface area (Å²) in [6.45, 7) is 1.12. The Morgan fingerprint density at radius 2 is 0.474 bits per heavy atom. The summed E-state index contributed by atoms with van der Waals surface area (Å²) in [6.07, 6.45) is 15.5. The molecule has 4 fully saturated rings. The molecular weight excluding hydrogens is 1270 g/mol. The molecule has 0 aromatic carbocycles. The molecule has 4 rings (SSSR count). The molecule has 31 nitrogen and oxygen atoms in total. The minimum Gasteiger partial charge on any atom is -0.380 e. The van der Waals surface area contributed by atoms with Gasteiger partial charge in [0.05, 0.1) is 58.3 Å². The average Bonchev–Trinajstić information content (AvgIpc) is 1.92. The van der Waals surface area contributed by atoms with Crippen LogP contribution in [-0.2, 0) is 115 Å². The molecule has 97 heavy (non-hydrogen) atoms. The van der Waals surface area contributed by atoms with Gasteiger partial charge in [-0.2, -0.15) is 0 Å². The van der Waals surface area contributed by atoms with Gasteiger partial charge in [-0.25, -0.2) is 19.2 Å². The fourth-order valence-corrected chi connectivity index (χ4v) is 10.5. The predicted octanol–water partition coefficient (Wildman–Crippen LogP) is 5.09.